The van der Waals surface area contributed by atoms with Crippen LogP contribution in [0.15, 0.2) is 72.1 Å². The number of aromatic nitrogens is 1. The van der Waals surface area contributed by atoms with Gasteiger partial charge in [0, 0.05) is 29.3 Å². The molecule has 0 bridgehead atoms. The van der Waals surface area contributed by atoms with Crippen LogP contribution >= 0.6 is 11.3 Å². The maximum Gasteiger partial charge on any atom is 0.226 e. The van der Waals surface area contributed by atoms with E-state index in [-0.39, 0.29) is 24.5 Å². The number of hydrogen-bond acceptors (Lipinski definition) is 4. The van der Waals surface area contributed by atoms with E-state index in [2.05, 4.69) is 22.4 Å². The summed E-state index contributed by atoms with van der Waals surface area (Å²) in [5.41, 5.74) is 2.16. The van der Waals surface area contributed by atoms with E-state index >= 15 is 0 Å². The lowest BCUT2D eigenvalue weighted by atomic mass is 10.1. The number of anilines is 1. The van der Waals surface area contributed by atoms with Gasteiger partial charge in [0.1, 0.15) is 5.82 Å². The van der Waals surface area contributed by atoms with E-state index in [0.717, 1.165) is 22.0 Å². The predicted molar refractivity (Wildman–Crippen MR) is 114 cm³/mol. The third-order valence-corrected chi connectivity index (χ3v) is 5.30. The van der Waals surface area contributed by atoms with E-state index in [4.69, 9.17) is 0 Å². The normalized spacial score (nSPS) is 10.8. The molecule has 4 aromatic rings. The maximum absolute atomic E-state index is 12.9. The third kappa shape index (κ3) is 4.55. The van der Waals surface area contributed by atoms with Crippen molar-refractivity contribution in [2.45, 2.75) is 12.8 Å². The number of Topliss-reactive ketones (excluding diaryl/α,β-unsaturated/α-hetero) is 1. The van der Waals surface area contributed by atoms with Crippen molar-refractivity contribution >= 4 is 38.9 Å². The Bertz CT molecular complexity index is 1180. The molecule has 6 heteroatoms. The number of fused-ring (bicyclic) bond motifs is 1. The van der Waals surface area contributed by atoms with Crippen molar-refractivity contribution < 1.29 is 14.0 Å². The molecule has 1 N–H and O–H groups in total. The van der Waals surface area contributed by atoms with E-state index in [1.165, 1.54) is 35.6 Å². The van der Waals surface area contributed by atoms with Crippen molar-refractivity contribution in [3.63, 3.8) is 0 Å². The van der Waals surface area contributed by atoms with Gasteiger partial charge in [-0.2, -0.15) is 0 Å². The molecular formula is C23H17FN2O2S. The van der Waals surface area contributed by atoms with Gasteiger partial charge in [-0.25, -0.2) is 9.37 Å². The van der Waals surface area contributed by atoms with Gasteiger partial charge in [-0.05, 0) is 41.1 Å². The van der Waals surface area contributed by atoms with Crippen molar-refractivity contribution in [2.24, 2.45) is 0 Å². The maximum atomic E-state index is 12.9. The Morgan fingerprint density at radius 1 is 0.931 bits per heavy atom. The van der Waals surface area contributed by atoms with Gasteiger partial charge in [0.15, 0.2) is 10.9 Å². The Morgan fingerprint density at radius 2 is 1.69 bits per heavy atom. The Balaban J connectivity index is 1.37. The van der Waals surface area contributed by atoms with Crippen molar-refractivity contribution in [3.05, 3.63) is 83.5 Å². The lowest BCUT2D eigenvalue weighted by Gasteiger charge is -2.03. The first-order valence-corrected chi connectivity index (χ1v) is 10.00. The first-order valence-electron chi connectivity index (χ1n) is 9.12. The van der Waals surface area contributed by atoms with Gasteiger partial charge in [-0.1, -0.05) is 36.4 Å². The summed E-state index contributed by atoms with van der Waals surface area (Å²) in [6.45, 7) is 0. The smallest absolute Gasteiger partial charge is 0.226 e. The molecule has 3 aromatic carbocycles. The molecule has 0 unspecified atom stereocenters. The van der Waals surface area contributed by atoms with E-state index < -0.39 is 5.82 Å². The lowest BCUT2D eigenvalue weighted by molar-refractivity contribution is -0.116. The lowest BCUT2D eigenvalue weighted by Crippen LogP contribution is -2.13. The quantitative estimate of drug-likeness (QED) is 0.419. The minimum atomic E-state index is -0.398. The van der Waals surface area contributed by atoms with Gasteiger partial charge >= 0.3 is 0 Å². The summed E-state index contributed by atoms with van der Waals surface area (Å²) in [6, 6.07) is 19.5. The Labute approximate surface area is 171 Å². The van der Waals surface area contributed by atoms with Gasteiger partial charge in [0.05, 0.1) is 5.69 Å². The second kappa shape index (κ2) is 8.32. The number of nitrogens with zero attached hydrogens (tertiary/aromatic N) is 1. The molecular weight excluding hydrogens is 387 g/mol. The van der Waals surface area contributed by atoms with Crippen LogP contribution in [0.3, 0.4) is 0 Å². The number of thiazole rings is 1. The van der Waals surface area contributed by atoms with Gasteiger partial charge in [-0.3, -0.25) is 9.59 Å². The summed E-state index contributed by atoms with van der Waals surface area (Å²) in [6.07, 6.45) is 0.0987. The van der Waals surface area contributed by atoms with Crippen LogP contribution in [0.2, 0.25) is 0 Å². The number of nitrogens with one attached hydrogen (secondary N) is 1. The molecule has 0 saturated carbocycles. The minimum absolute atomic E-state index is 0.0428. The molecule has 29 heavy (non-hydrogen) atoms. The van der Waals surface area contributed by atoms with Gasteiger partial charge in [-0.15, -0.1) is 11.3 Å². The zero-order chi connectivity index (χ0) is 20.2. The van der Waals surface area contributed by atoms with E-state index in [0.29, 0.717) is 10.7 Å². The number of hydrogen-bond donors (Lipinski definition) is 1. The molecule has 1 heterocycles. The minimum Gasteiger partial charge on any atom is -0.302 e. The SMILES string of the molecule is O=C(CCC(=O)c1ccc(F)cc1)Nc1nc(-c2ccc3ccccc3c2)cs1. The number of ketones is 1. The van der Waals surface area contributed by atoms with Crippen LogP contribution in [-0.2, 0) is 4.79 Å². The number of benzene rings is 3. The number of halogens is 1. The molecule has 0 aliphatic rings. The summed E-state index contributed by atoms with van der Waals surface area (Å²) < 4.78 is 12.9. The Hall–Kier alpha value is -3.38. The average molecular weight is 404 g/mol. The molecule has 4 nitrogen and oxygen atoms in total. The van der Waals surface area contributed by atoms with Crippen LogP contribution in [0.5, 0.6) is 0 Å². The summed E-state index contributed by atoms with van der Waals surface area (Å²) in [5, 5.41) is 7.41. The van der Waals surface area contributed by atoms with Crippen molar-refractivity contribution in [3.8, 4) is 11.3 Å². The summed E-state index contributed by atoms with van der Waals surface area (Å²) in [5.74, 6) is -0.874. The highest BCUT2D eigenvalue weighted by Gasteiger charge is 2.12. The fourth-order valence-electron chi connectivity index (χ4n) is 3.00. The Kier molecular flexibility index (Phi) is 5.44. The van der Waals surface area contributed by atoms with Gasteiger partial charge in [0.25, 0.3) is 0 Å². The molecule has 1 aromatic heterocycles. The number of carbonyl (C=O) groups excluding carboxylic acids is 2. The highest BCUT2D eigenvalue weighted by Crippen LogP contribution is 2.27. The first-order chi connectivity index (χ1) is 14.1. The molecule has 0 aliphatic heterocycles. The van der Waals surface area contributed by atoms with Crippen LogP contribution < -0.4 is 5.32 Å². The number of carbonyl (C=O) groups is 2. The second-order valence-electron chi connectivity index (χ2n) is 6.58. The standard InChI is InChI=1S/C23H17FN2O2S/c24-19-9-7-16(8-10-19)21(27)11-12-22(28)26-23-25-20(14-29-23)18-6-5-15-3-1-2-4-17(15)13-18/h1-10,13-14H,11-12H2,(H,25,26,28). The zero-order valence-corrected chi connectivity index (χ0v) is 16.2. The molecule has 0 spiro atoms. The predicted octanol–water partition coefficient (Wildman–Crippen LogP) is 5.70. The molecule has 0 aliphatic carbocycles. The van der Waals surface area contributed by atoms with Crippen LogP contribution in [0.25, 0.3) is 22.0 Å². The van der Waals surface area contributed by atoms with E-state index in [9.17, 15) is 14.0 Å². The molecule has 144 valence electrons. The molecule has 0 radical (unpaired) electrons. The highest BCUT2D eigenvalue weighted by molar-refractivity contribution is 7.14. The van der Waals surface area contributed by atoms with Gasteiger partial charge < -0.3 is 5.32 Å². The summed E-state index contributed by atoms with van der Waals surface area (Å²) in [7, 11) is 0. The van der Waals surface area contributed by atoms with Crippen LogP contribution in [-0.4, -0.2) is 16.7 Å². The third-order valence-electron chi connectivity index (χ3n) is 4.54. The molecule has 1 amide bonds. The number of rotatable bonds is 6. The Morgan fingerprint density at radius 3 is 2.48 bits per heavy atom. The molecule has 0 saturated heterocycles. The molecule has 0 fully saturated rings. The zero-order valence-electron chi connectivity index (χ0n) is 15.4. The first kappa shape index (κ1) is 19.0. The topological polar surface area (TPSA) is 59.1 Å². The average Bonchev–Trinajstić information content (AvgIpc) is 3.20. The summed E-state index contributed by atoms with van der Waals surface area (Å²) >= 11 is 1.34. The fourth-order valence-corrected chi connectivity index (χ4v) is 3.74. The van der Waals surface area contributed by atoms with Crippen LogP contribution in [0.1, 0.15) is 23.2 Å². The second-order valence-corrected chi connectivity index (χ2v) is 7.44. The number of amides is 1. The van der Waals surface area contributed by atoms with Crippen LogP contribution in [0, 0.1) is 5.82 Å². The molecule has 0 atom stereocenters. The van der Waals surface area contributed by atoms with Crippen LogP contribution in [0.4, 0.5) is 9.52 Å². The van der Waals surface area contributed by atoms with Gasteiger partial charge in [0.2, 0.25) is 5.91 Å². The van der Waals surface area contributed by atoms with Crippen molar-refractivity contribution in [1.29, 1.82) is 0 Å². The summed E-state index contributed by atoms with van der Waals surface area (Å²) in [4.78, 5) is 28.7. The highest BCUT2D eigenvalue weighted by atomic mass is 32.1. The van der Waals surface area contributed by atoms with Crippen molar-refractivity contribution in [2.75, 3.05) is 5.32 Å². The van der Waals surface area contributed by atoms with Crippen molar-refractivity contribution in [1.82, 2.24) is 4.98 Å². The molecule has 4 rings (SSSR count). The monoisotopic (exact) mass is 404 g/mol. The van der Waals surface area contributed by atoms with E-state index in [1.807, 2.05) is 35.7 Å². The largest absolute Gasteiger partial charge is 0.302 e. The van der Waals surface area contributed by atoms with E-state index in [1.54, 1.807) is 0 Å². The fraction of sp³-hybridized carbons (Fsp3) is 0.0870.